The first-order valence-electron chi connectivity index (χ1n) is 6.41. The van der Waals surface area contributed by atoms with Crippen molar-refractivity contribution in [1.82, 2.24) is 15.4 Å². The Morgan fingerprint density at radius 1 is 1.29 bits per heavy atom. The highest BCUT2D eigenvalue weighted by atomic mass is 16.5. The summed E-state index contributed by atoms with van der Waals surface area (Å²) in [7, 11) is 1.63. The van der Waals surface area contributed by atoms with Gasteiger partial charge in [0.15, 0.2) is 0 Å². The fraction of sp³-hybridized carbons (Fsp3) is 0.200. The second-order valence-electron chi connectivity index (χ2n) is 4.40. The van der Waals surface area contributed by atoms with Crippen LogP contribution in [0.4, 0.5) is 0 Å². The van der Waals surface area contributed by atoms with Gasteiger partial charge in [-0.1, -0.05) is 12.1 Å². The van der Waals surface area contributed by atoms with Crippen LogP contribution in [-0.4, -0.2) is 28.7 Å². The molecule has 0 aliphatic rings. The van der Waals surface area contributed by atoms with Crippen molar-refractivity contribution in [2.45, 2.75) is 13.3 Å². The number of hydrogen-bond acceptors (Lipinski definition) is 5. The number of hydrazone groups is 1. The first-order valence-corrected chi connectivity index (χ1v) is 6.41. The van der Waals surface area contributed by atoms with Crippen molar-refractivity contribution in [2.75, 3.05) is 7.11 Å². The molecular formula is C15H16N4O2. The quantitative estimate of drug-likeness (QED) is 0.671. The molecule has 0 saturated heterocycles. The number of nitrogens with one attached hydrogen (secondary N) is 1. The first kappa shape index (κ1) is 14.6. The van der Waals surface area contributed by atoms with E-state index in [2.05, 4.69) is 20.5 Å². The van der Waals surface area contributed by atoms with Gasteiger partial charge in [0.05, 0.1) is 13.3 Å². The van der Waals surface area contributed by atoms with Crippen molar-refractivity contribution in [1.29, 1.82) is 0 Å². The van der Waals surface area contributed by atoms with Gasteiger partial charge in [-0.3, -0.25) is 9.78 Å². The molecule has 1 amide bonds. The molecule has 0 fully saturated rings. The van der Waals surface area contributed by atoms with E-state index in [-0.39, 0.29) is 11.6 Å². The summed E-state index contributed by atoms with van der Waals surface area (Å²) in [4.78, 5) is 19.5. The standard InChI is InChI=1S/C15H16N4O2/c1-11(9-12-3-5-13(21-2)6-4-12)18-19-15(20)14-10-16-7-8-17-14/h3-8,10H,9H2,1-2H3,(H,19,20)/b18-11-. The van der Waals surface area contributed by atoms with Crippen LogP contribution in [0.25, 0.3) is 0 Å². The summed E-state index contributed by atoms with van der Waals surface area (Å²) in [6.45, 7) is 1.85. The van der Waals surface area contributed by atoms with Crippen LogP contribution in [0.1, 0.15) is 23.0 Å². The van der Waals surface area contributed by atoms with Crippen molar-refractivity contribution in [3.63, 3.8) is 0 Å². The zero-order valence-electron chi connectivity index (χ0n) is 11.9. The van der Waals surface area contributed by atoms with Gasteiger partial charge < -0.3 is 4.74 Å². The molecule has 0 atom stereocenters. The minimum Gasteiger partial charge on any atom is -0.497 e. The lowest BCUT2D eigenvalue weighted by Gasteiger charge is -2.04. The lowest BCUT2D eigenvalue weighted by atomic mass is 10.1. The van der Waals surface area contributed by atoms with Crippen molar-refractivity contribution >= 4 is 11.6 Å². The first-order chi connectivity index (χ1) is 10.2. The van der Waals surface area contributed by atoms with E-state index in [1.165, 1.54) is 18.6 Å². The molecule has 0 aliphatic heterocycles. The molecule has 0 bridgehead atoms. The van der Waals surface area contributed by atoms with E-state index >= 15 is 0 Å². The summed E-state index contributed by atoms with van der Waals surface area (Å²) < 4.78 is 5.10. The van der Waals surface area contributed by atoms with Crippen LogP contribution in [0.2, 0.25) is 0 Å². The van der Waals surface area contributed by atoms with E-state index in [9.17, 15) is 4.79 Å². The van der Waals surface area contributed by atoms with Crippen LogP contribution in [0.3, 0.4) is 0 Å². The highest BCUT2D eigenvalue weighted by Gasteiger charge is 2.05. The lowest BCUT2D eigenvalue weighted by molar-refractivity contribution is 0.0949. The van der Waals surface area contributed by atoms with Crippen molar-refractivity contribution in [3.8, 4) is 5.75 Å². The summed E-state index contributed by atoms with van der Waals surface area (Å²) >= 11 is 0. The van der Waals surface area contributed by atoms with Crippen LogP contribution in [0.15, 0.2) is 48.0 Å². The van der Waals surface area contributed by atoms with Crippen LogP contribution < -0.4 is 10.2 Å². The molecule has 6 heteroatoms. The highest BCUT2D eigenvalue weighted by molar-refractivity contribution is 5.93. The Balaban J connectivity index is 1.93. The topological polar surface area (TPSA) is 76.5 Å². The third kappa shape index (κ3) is 4.38. The maximum absolute atomic E-state index is 11.7. The van der Waals surface area contributed by atoms with Gasteiger partial charge in [-0.15, -0.1) is 0 Å². The molecular weight excluding hydrogens is 268 g/mol. The van der Waals surface area contributed by atoms with E-state index in [1.54, 1.807) is 7.11 Å². The van der Waals surface area contributed by atoms with Gasteiger partial charge in [-0.05, 0) is 24.6 Å². The van der Waals surface area contributed by atoms with E-state index in [4.69, 9.17) is 4.74 Å². The fourth-order valence-electron chi connectivity index (χ4n) is 1.70. The Bertz CT molecular complexity index is 624. The molecule has 6 nitrogen and oxygen atoms in total. The Kier molecular flexibility index (Phi) is 4.98. The zero-order valence-corrected chi connectivity index (χ0v) is 11.9. The van der Waals surface area contributed by atoms with Crippen molar-refractivity contribution in [2.24, 2.45) is 5.10 Å². The molecule has 2 rings (SSSR count). The van der Waals surface area contributed by atoms with Gasteiger partial charge in [0.1, 0.15) is 11.4 Å². The van der Waals surface area contributed by atoms with Gasteiger partial charge in [-0.25, -0.2) is 10.4 Å². The molecule has 0 spiro atoms. The summed E-state index contributed by atoms with van der Waals surface area (Å²) in [5.41, 5.74) is 4.58. The maximum Gasteiger partial charge on any atom is 0.291 e. The molecule has 108 valence electrons. The number of carbonyl (C=O) groups excluding carboxylic acids is 1. The van der Waals surface area contributed by atoms with E-state index in [0.29, 0.717) is 6.42 Å². The normalized spacial score (nSPS) is 11.0. The average molecular weight is 284 g/mol. The number of carbonyl (C=O) groups is 1. The number of nitrogens with zero attached hydrogens (tertiary/aromatic N) is 3. The van der Waals surface area contributed by atoms with E-state index in [0.717, 1.165) is 17.0 Å². The molecule has 0 saturated carbocycles. The smallest absolute Gasteiger partial charge is 0.291 e. The van der Waals surface area contributed by atoms with Gasteiger partial charge in [0.25, 0.3) is 5.91 Å². The summed E-state index contributed by atoms with van der Waals surface area (Å²) in [6, 6.07) is 7.70. The molecule has 1 aromatic heterocycles. The highest BCUT2D eigenvalue weighted by Crippen LogP contribution is 2.11. The van der Waals surface area contributed by atoms with Crippen molar-refractivity contribution < 1.29 is 9.53 Å². The van der Waals surface area contributed by atoms with Crippen molar-refractivity contribution in [3.05, 3.63) is 54.1 Å². The number of aromatic nitrogens is 2. The molecule has 1 N–H and O–H groups in total. The molecule has 2 aromatic rings. The Morgan fingerprint density at radius 3 is 2.67 bits per heavy atom. The van der Waals surface area contributed by atoms with Crippen LogP contribution in [0, 0.1) is 0 Å². The molecule has 0 radical (unpaired) electrons. The average Bonchev–Trinajstić information content (AvgIpc) is 2.54. The monoisotopic (exact) mass is 284 g/mol. The fourth-order valence-corrected chi connectivity index (χ4v) is 1.70. The Labute approximate surface area is 122 Å². The maximum atomic E-state index is 11.7. The summed E-state index contributed by atoms with van der Waals surface area (Å²) in [5, 5.41) is 4.06. The lowest BCUT2D eigenvalue weighted by Crippen LogP contribution is -2.20. The second kappa shape index (κ2) is 7.14. The predicted octanol–water partition coefficient (Wildman–Crippen LogP) is 1.83. The van der Waals surface area contributed by atoms with Gasteiger partial charge in [-0.2, -0.15) is 5.10 Å². The number of hydrogen-bond donors (Lipinski definition) is 1. The van der Waals surface area contributed by atoms with Gasteiger partial charge in [0.2, 0.25) is 0 Å². The van der Waals surface area contributed by atoms with Crippen LogP contribution in [-0.2, 0) is 6.42 Å². The number of rotatable bonds is 5. The summed E-state index contributed by atoms with van der Waals surface area (Å²) in [6.07, 6.45) is 5.01. The number of benzene rings is 1. The largest absolute Gasteiger partial charge is 0.497 e. The molecule has 1 aromatic carbocycles. The Morgan fingerprint density at radius 2 is 2.05 bits per heavy atom. The minimum atomic E-state index is -0.378. The zero-order chi connectivity index (χ0) is 15.1. The third-order valence-corrected chi connectivity index (χ3v) is 2.76. The number of ether oxygens (including phenoxy) is 1. The number of amides is 1. The van der Waals surface area contributed by atoms with E-state index in [1.807, 2.05) is 31.2 Å². The SMILES string of the molecule is COc1ccc(C/C(C)=N\NC(=O)c2cnccn2)cc1. The molecule has 0 unspecified atom stereocenters. The minimum absolute atomic E-state index is 0.235. The second-order valence-corrected chi connectivity index (χ2v) is 4.40. The predicted molar refractivity (Wildman–Crippen MR) is 79.3 cm³/mol. The summed E-state index contributed by atoms with van der Waals surface area (Å²) in [5.74, 6) is 0.432. The van der Waals surface area contributed by atoms with E-state index < -0.39 is 0 Å². The van der Waals surface area contributed by atoms with Crippen LogP contribution >= 0.6 is 0 Å². The van der Waals surface area contributed by atoms with Crippen LogP contribution in [0.5, 0.6) is 5.75 Å². The third-order valence-electron chi connectivity index (χ3n) is 2.76. The Hall–Kier alpha value is -2.76. The number of methoxy groups -OCH3 is 1. The molecule has 21 heavy (non-hydrogen) atoms. The van der Waals surface area contributed by atoms with Gasteiger partial charge in [0, 0.05) is 24.5 Å². The molecule has 0 aliphatic carbocycles. The molecule has 1 heterocycles. The van der Waals surface area contributed by atoms with Gasteiger partial charge >= 0.3 is 0 Å².